The number of hydrogen-bond acceptors (Lipinski definition) is 6. The molecule has 2 aromatic rings. The van der Waals surface area contributed by atoms with E-state index in [0.29, 0.717) is 38.2 Å². The topological polar surface area (TPSA) is 60.4 Å². The average molecular weight is 348 g/mol. The second kappa shape index (κ2) is 6.51. The van der Waals surface area contributed by atoms with Crippen LogP contribution in [0.4, 0.5) is 14.7 Å². The molecule has 4 rings (SSSR count). The van der Waals surface area contributed by atoms with Gasteiger partial charge in [0.2, 0.25) is 11.8 Å². The number of rotatable bonds is 5. The predicted molar refractivity (Wildman–Crippen MR) is 85.3 cm³/mol. The minimum atomic E-state index is -0.455. The van der Waals surface area contributed by atoms with E-state index in [1.165, 1.54) is 18.3 Å². The van der Waals surface area contributed by atoms with Gasteiger partial charge in [0.05, 0.1) is 32.1 Å². The first-order chi connectivity index (χ1) is 12.2. The summed E-state index contributed by atoms with van der Waals surface area (Å²) in [6.07, 6.45) is 5.52. The summed E-state index contributed by atoms with van der Waals surface area (Å²) in [6, 6.07) is 2.86. The SMILES string of the molecule is Fc1cnc(N2CC3(C2)OCCC3CCOc2ncccc2F)nc1. The van der Waals surface area contributed by atoms with Gasteiger partial charge in [-0.15, -0.1) is 0 Å². The molecule has 2 aliphatic heterocycles. The Hall–Kier alpha value is -2.35. The summed E-state index contributed by atoms with van der Waals surface area (Å²) in [5.41, 5.74) is -0.246. The lowest BCUT2D eigenvalue weighted by Crippen LogP contribution is -2.65. The largest absolute Gasteiger partial charge is 0.476 e. The molecule has 1 spiro atoms. The van der Waals surface area contributed by atoms with Crippen LogP contribution in [0.1, 0.15) is 12.8 Å². The van der Waals surface area contributed by atoms with E-state index in [2.05, 4.69) is 15.0 Å². The quantitative estimate of drug-likeness (QED) is 0.826. The fourth-order valence-corrected chi connectivity index (χ4v) is 3.53. The first-order valence-electron chi connectivity index (χ1n) is 8.26. The zero-order valence-electron chi connectivity index (χ0n) is 13.6. The summed E-state index contributed by atoms with van der Waals surface area (Å²) in [4.78, 5) is 13.9. The van der Waals surface area contributed by atoms with E-state index in [4.69, 9.17) is 9.47 Å². The van der Waals surface area contributed by atoms with Crippen LogP contribution in [0.5, 0.6) is 5.88 Å². The Morgan fingerprint density at radius 3 is 2.80 bits per heavy atom. The predicted octanol–water partition coefficient (Wildman–Crippen LogP) is 2.21. The maximum absolute atomic E-state index is 13.5. The van der Waals surface area contributed by atoms with E-state index in [1.54, 1.807) is 0 Å². The summed E-state index contributed by atoms with van der Waals surface area (Å²) in [7, 11) is 0. The molecule has 1 atom stereocenters. The number of pyridine rings is 1. The summed E-state index contributed by atoms with van der Waals surface area (Å²) in [5, 5.41) is 0. The Morgan fingerprint density at radius 1 is 1.24 bits per heavy atom. The highest BCUT2D eigenvalue weighted by Crippen LogP contribution is 2.42. The van der Waals surface area contributed by atoms with Gasteiger partial charge in [0.25, 0.3) is 0 Å². The van der Waals surface area contributed by atoms with Gasteiger partial charge in [-0.1, -0.05) is 0 Å². The second-order valence-electron chi connectivity index (χ2n) is 6.38. The molecular weight excluding hydrogens is 330 g/mol. The van der Waals surface area contributed by atoms with Crippen molar-refractivity contribution in [3.8, 4) is 5.88 Å². The maximum Gasteiger partial charge on any atom is 0.250 e. The van der Waals surface area contributed by atoms with Gasteiger partial charge in [-0.25, -0.2) is 23.7 Å². The van der Waals surface area contributed by atoms with Crippen LogP contribution >= 0.6 is 0 Å². The van der Waals surface area contributed by atoms with Crippen LogP contribution in [-0.4, -0.2) is 46.9 Å². The van der Waals surface area contributed by atoms with Gasteiger partial charge in [-0.2, -0.15) is 0 Å². The zero-order valence-corrected chi connectivity index (χ0v) is 13.6. The molecule has 0 N–H and O–H groups in total. The lowest BCUT2D eigenvalue weighted by atomic mass is 9.79. The smallest absolute Gasteiger partial charge is 0.250 e. The van der Waals surface area contributed by atoms with Crippen LogP contribution in [-0.2, 0) is 4.74 Å². The van der Waals surface area contributed by atoms with E-state index in [0.717, 1.165) is 25.2 Å². The van der Waals surface area contributed by atoms with Crippen molar-refractivity contribution in [3.05, 3.63) is 42.4 Å². The standard InChI is InChI=1S/C17H18F2N4O2/c18-13-8-21-16(22-9-13)23-10-17(11-23)12(4-7-25-17)3-6-24-15-14(19)2-1-5-20-15/h1-2,5,8-9,12H,3-4,6-7,10-11H2. The first-order valence-corrected chi connectivity index (χ1v) is 8.26. The minimum Gasteiger partial charge on any atom is -0.476 e. The van der Waals surface area contributed by atoms with Crippen LogP contribution in [0.2, 0.25) is 0 Å². The van der Waals surface area contributed by atoms with Gasteiger partial charge < -0.3 is 14.4 Å². The van der Waals surface area contributed by atoms with E-state index in [-0.39, 0.29) is 11.5 Å². The van der Waals surface area contributed by atoms with Gasteiger partial charge >= 0.3 is 0 Å². The highest BCUT2D eigenvalue weighted by Gasteiger charge is 2.53. The molecule has 1 unspecified atom stereocenters. The Balaban J connectivity index is 1.32. The van der Waals surface area contributed by atoms with Crippen LogP contribution in [0.3, 0.4) is 0 Å². The lowest BCUT2D eigenvalue weighted by molar-refractivity contribution is -0.0482. The van der Waals surface area contributed by atoms with Crippen molar-refractivity contribution in [2.45, 2.75) is 18.4 Å². The third-order valence-electron chi connectivity index (χ3n) is 4.84. The fraction of sp³-hybridized carbons (Fsp3) is 0.471. The van der Waals surface area contributed by atoms with E-state index >= 15 is 0 Å². The summed E-state index contributed by atoms with van der Waals surface area (Å²) in [5.74, 6) is -0.0505. The molecule has 4 heterocycles. The summed E-state index contributed by atoms with van der Waals surface area (Å²) < 4.78 is 37.9. The molecule has 6 nitrogen and oxygen atoms in total. The van der Waals surface area contributed by atoms with Crippen molar-refractivity contribution in [1.29, 1.82) is 0 Å². The average Bonchev–Trinajstić information content (AvgIpc) is 3.00. The number of nitrogens with zero attached hydrogens (tertiary/aromatic N) is 4. The fourth-order valence-electron chi connectivity index (χ4n) is 3.53. The zero-order chi connectivity index (χ0) is 17.3. The highest BCUT2D eigenvalue weighted by atomic mass is 19.1. The molecule has 2 saturated heterocycles. The van der Waals surface area contributed by atoms with Gasteiger partial charge in [-0.3, -0.25) is 0 Å². The van der Waals surface area contributed by atoms with Gasteiger partial charge in [0, 0.05) is 12.8 Å². The van der Waals surface area contributed by atoms with E-state index in [9.17, 15) is 8.78 Å². The molecule has 0 bridgehead atoms. The Morgan fingerprint density at radius 2 is 2.04 bits per heavy atom. The second-order valence-corrected chi connectivity index (χ2v) is 6.38. The van der Waals surface area contributed by atoms with Crippen molar-refractivity contribution < 1.29 is 18.3 Å². The van der Waals surface area contributed by atoms with Crippen LogP contribution < -0.4 is 9.64 Å². The molecule has 0 radical (unpaired) electrons. The van der Waals surface area contributed by atoms with E-state index < -0.39 is 11.6 Å². The van der Waals surface area contributed by atoms with Crippen molar-refractivity contribution >= 4 is 5.95 Å². The normalized spacial score (nSPS) is 21.4. The number of anilines is 1. The maximum atomic E-state index is 13.5. The van der Waals surface area contributed by atoms with Crippen molar-refractivity contribution in [3.63, 3.8) is 0 Å². The Kier molecular flexibility index (Phi) is 4.20. The molecule has 2 aromatic heterocycles. The van der Waals surface area contributed by atoms with E-state index in [1.807, 2.05) is 4.90 Å². The van der Waals surface area contributed by atoms with Crippen molar-refractivity contribution in [1.82, 2.24) is 15.0 Å². The molecule has 0 aromatic carbocycles. The number of ether oxygens (including phenoxy) is 2. The first kappa shape index (κ1) is 16.1. The van der Waals surface area contributed by atoms with Crippen LogP contribution in [0.25, 0.3) is 0 Å². The molecule has 0 amide bonds. The number of hydrogen-bond donors (Lipinski definition) is 0. The molecule has 2 aliphatic rings. The van der Waals surface area contributed by atoms with Gasteiger partial charge in [-0.05, 0) is 30.9 Å². The molecule has 0 saturated carbocycles. The van der Waals surface area contributed by atoms with Crippen LogP contribution in [0.15, 0.2) is 30.7 Å². The summed E-state index contributed by atoms with van der Waals surface area (Å²) in [6.45, 7) is 2.42. The summed E-state index contributed by atoms with van der Waals surface area (Å²) >= 11 is 0. The van der Waals surface area contributed by atoms with Crippen molar-refractivity contribution in [2.24, 2.45) is 5.92 Å². The third kappa shape index (κ3) is 3.13. The molecular formula is C17H18F2N4O2. The number of halogens is 2. The van der Waals surface area contributed by atoms with Crippen LogP contribution in [0, 0.1) is 17.6 Å². The Bertz CT molecular complexity index is 738. The molecule has 25 heavy (non-hydrogen) atoms. The molecule has 0 aliphatic carbocycles. The monoisotopic (exact) mass is 348 g/mol. The van der Waals surface area contributed by atoms with Gasteiger partial charge in [0.1, 0.15) is 5.60 Å². The third-order valence-corrected chi connectivity index (χ3v) is 4.84. The molecule has 132 valence electrons. The lowest BCUT2D eigenvalue weighted by Gasteiger charge is -2.50. The Labute approximate surface area is 143 Å². The molecule has 2 fully saturated rings. The highest BCUT2D eigenvalue weighted by molar-refractivity contribution is 5.38. The van der Waals surface area contributed by atoms with Gasteiger partial charge in [0.15, 0.2) is 11.6 Å². The molecule has 8 heteroatoms. The number of aromatic nitrogens is 3. The minimum absolute atomic E-state index is 0.0328. The van der Waals surface area contributed by atoms with Crippen molar-refractivity contribution in [2.75, 3.05) is 31.2 Å².